The summed E-state index contributed by atoms with van der Waals surface area (Å²) in [5.74, 6) is 0.146. The van der Waals surface area contributed by atoms with Gasteiger partial charge in [-0.15, -0.1) is 10.2 Å². The number of rotatable bonds is 15. The first kappa shape index (κ1) is 36.3. The van der Waals surface area contributed by atoms with Gasteiger partial charge in [-0.3, -0.25) is 14.4 Å². The lowest BCUT2D eigenvalue weighted by atomic mass is 9.81. The molecule has 2 aromatic heterocycles. The summed E-state index contributed by atoms with van der Waals surface area (Å²) in [6.07, 6.45) is 3.66. The number of carbonyl (C=O) groups is 3. The molecule has 0 spiro atoms. The van der Waals surface area contributed by atoms with Crippen molar-refractivity contribution in [3.05, 3.63) is 77.6 Å². The van der Waals surface area contributed by atoms with Crippen LogP contribution in [0.25, 0.3) is 22.5 Å². The second-order valence-electron chi connectivity index (χ2n) is 12.8. The Balaban J connectivity index is 1.26. The molecule has 0 bridgehead atoms. The van der Waals surface area contributed by atoms with Crippen molar-refractivity contribution in [2.24, 2.45) is 17.6 Å². The fourth-order valence-corrected chi connectivity index (χ4v) is 6.38. The Morgan fingerprint density at radius 1 is 0.940 bits per heavy atom. The summed E-state index contributed by atoms with van der Waals surface area (Å²) in [6, 6.07) is 17.9. The summed E-state index contributed by atoms with van der Waals surface area (Å²) in [7, 11) is 0. The molecule has 0 unspecified atom stereocenters. The predicted molar refractivity (Wildman–Crippen MR) is 193 cm³/mol. The SMILES string of the molecule is CCN(CC)CCNC(=O)c1ccc(-c2ccc(C[C@H](NC(=O)C3CCC(CN)CC3)C(=O)Nc3ccc(-c4nn[nH]n4)cc3)cc2)c(C)n1. The molecule has 0 radical (unpaired) electrons. The number of aromatic amines is 1. The van der Waals surface area contributed by atoms with Gasteiger partial charge in [-0.25, -0.2) is 4.98 Å². The number of benzene rings is 2. The average Bonchev–Trinajstić information content (AvgIpc) is 3.69. The first-order valence-corrected chi connectivity index (χ1v) is 17.5. The third kappa shape index (κ3) is 9.57. The first-order chi connectivity index (χ1) is 24.3. The molecule has 50 heavy (non-hydrogen) atoms. The van der Waals surface area contributed by atoms with E-state index in [1.165, 1.54) is 0 Å². The first-order valence-electron chi connectivity index (χ1n) is 17.5. The monoisotopic (exact) mass is 680 g/mol. The second kappa shape index (κ2) is 17.6. The summed E-state index contributed by atoms with van der Waals surface area (Å²) in [4.78, 5) is 46.6. The number of nitrogens with one attached hydrogen (secondary N) is 4. The van der Waals surface area contributed by atoms with Crippen LogP contribution in [0, 0.1) is 18.8 Å². The minimum Gasteiger partial charge on any atom is -0.349 e. The summed E-state index contributed by atoms with van der Waals surface area (Å²) >= 11 is 0. The fourth-order valence-electron chi connectivity index (χ4n) is 6.38. The molecule has 6 N–H and O–H groups in total. The Morgan fingerprint density at radius 3 is 2.26 bits per heavy atom. The van der Waals surface area contributed by atoms with Gasteiger partial charge in [-0.1, -0.05) is 44.2 Å². The van der Waals surface area contributed by atoms with Gasteiger partial charge < -0.3 is 26.6 Å². The van der Waals surface area contributed by atoms with Crippen molar-refractivity contribution in [1.29, 1.82) is 0 Å². The van der Waals surface area contributed by atoms with Crippen molar-refractivity contribution in [2.45, 2.75) is 58.9 Å². The average molecular weight is 681 g/mol. The van der Waals surface area contributed by atoms with Crippen LogP contribution in [-0.2, 0) is 16.0 Å². The maximum atomic E-state index is 13.7. The number of pyridine rings is 1. The van der Waals surface area contributed by atoms with Gasteiger partial charge >= 0.3 is 0 Å². The zero-order valence-corrected chi connectivity index (χ0v) is 29.1. The molecular weight excluding hydrogens is 632 g/mol. The van der Waals surface area contributed by atoms with Crippen LogP contribution in [0.15, 0.2) is 60.7 Å². The van der Waals surface area contributed by atoms with Crippen LogP contribution in [0.3, 0.4) is 0 Å². The lowest BCUT2D eigenvalue weighted by molar-refractivity contribution is -0.130. The molecule has 1 aliphatic carbocycles. The van der Waals surface area contributed by atoms with Gasteiger partial charge in [0.25, 0.3) is 5.91 Å². The largest absolute Gasteiger partial charge is 0.349 e. The molecule has 0 saturated heterocycles. The Morgan fingerprint density at radius 2 is 1.64 bits per heavy atom. The standard InChI is InChI=1S/C37H48N10O3/c1-4-47(5-2)21-20-39-36(49)32-19-18-31(24(3)40-32)27-10-6-25(7-11-27)22-33(42-35(48)29-12-8-26(23-38)9-13-29)37(50)41-30-16-14-28(15-17-30)34-43-45-46-44-34/h6-7,10-11,14-19,26,29,33H,4-5,8-9,12-13,20-23,38H2,1-3H3,(H,39,49)(H,41,50)(H,42,48)(H,43,44,45,46)/t26?,29?,33-/m0/s1. The molecule has 0 aliphatic heterocycles. The number of aromatic nitrogens is 5. The number of hydrogen-bond donors (Lipinski definition) is 5. The number of nitrogens with two attached hydrogens (primary N) is 1. The molecule has 1 fully saturated rings. The molecule has 3 amide bonds. The van der Waals surface area contributed by atoms with Crippen LogP contribution < -0.4 is 21.7 Å². The maximum absolute atomic E-state index is 13.7. The van der Waals surface area contributed by atoms with Gasteiger partial charge in [0.15, 0.2) is 0 Å². The lowest BCUT2D eigenvalue weighted by Crippen LogP contribution is -2.48. The van der Waals surface area contributed by atoms with Crippen molar-refractivity contribution in [1.82, 2.24) is 41.1 Å². The Labute approximate surface area is 293 Å². The molecule has 1 saturated carbocycles. The number of anilines is 1. The van der Waals surface area contributed by atoms with Crippen LogP contribution in [0.4, 0.5) is 5.69 Å². The van der Waals surface area contributed by atoms with Crippen molar-refractivity contribution in [3.63, 3.8) is 0 Å². The van der Waals surface area contributed by atoms with Gasteiger partial charge in [-0.2, -0.15) is 5.21 Å². The number of hydrogen-bond acceptors (Lipinski definition) is 9. The van der Waals surface area contributed by atoms with Crippen molar-refractivity contribution in [3.8, 4) is 22.5 Å². The number of aryl methyl sites for hydroxylation is 1. The Bertz CT molecular complexity index is 1700. The molecule has 13 nitrogen and oxygen atoms in total. The summed E-state index contributed by atoms with van der Waals surface area (Å²) in [5.41, 5.74) is 11.1. The molecular formula is C37H48N10O3. The molecule has 5 rings (SSSR count). The van der Waals surface area contributed by atoms with Gasteiger partial charge in [-0.05, 0) is 105 Å². The molecule has 1 aliphatic rings. The number of nitrogens with zero attached hydrogens (tertiary/aromatic N) is 5. The molecule has 2 heterocycles. The van der Waals surface area contributed by atoms with E-state index >= 15 is 0 Å². The molecule has 1 atom stereocenters. The van der Waals surface area contributed by atoms with Crippen molar-refractivity contribution < 1.29 is 14.4 Å². The number of H-pyrrole nitrogens is 1. The highest BCUT2D eigenvalue weighted by atomic mass is 16.2. The van der Waals surface area contributed by atoms with Gasteiger partial charge in [0.05, 0.1) is 0 Å². The van der Waals surface area contributed by atoms with E-state index in [2.05, 4.69) is 60.3 Å². The summed E-state index contributed by atoms with van der Waals surface area (Å²) < 4.78 is 0. The second-order valence-corrected chi connectivity index (χ2v) is 12.8. The van der Waals surface area contributed by atoms with E-state index in [-0.39, 0.29) is 23.6 Å². The summed E-state index contributed by atoms with van der Waals surface area (Å²) in [5, 5.41) is 23.0. The van der Waals surface area contributed by atoms with E-state index in [1.54, 1.807) is 30.3 Å². The highest BCUT2D eigenvalue weighted by molar-refractivity contribution is 5.98. The number of likely N-dealkylation sites (N-methyl/N-ethyl adjacent to an activating group) is 1. The smallest absolute Gasteiger partial charge is 0.269 e. The van der Waals surface area contributed by atoms with E-state index < -0.39 is 6.04 Å². The topological polar surface area (TPSA) is 184 Å². The maximum Gasteiger partial charge on any atom is 0.269 e. The summed E-state index contributed by atoms with van der Waals surface area (Å²) in [6.45, 7) is 9.96. The number of amides is 3. The zero-order chi connectivity index (χ0) is 35.5. The minimum absolute atomic E-state index is 0.108. The number of tetrazole rings is 1. The third-order valence-corrected chi connectivity index (χ3v) is 9.57. The van der Waals surface area contributed by atoms with Crippen LogP contribution in [0.1, 0.15) is 61.3 Å². The van der Waals surface area contributed by atoms with Gasteiger partial charge in [0.2, 0.25) is 17.6 Å². The zero-order valence-electron chi connectivity index (χ0n) is 29.1. The quantitative estimate of drug-likeness (QED) is 0.125. The molecule has 264 valence electrons. The van der Waals surface area contributed by atoms with Crippen molar-refractivity contribution >= 4 is 23.4 Å². The van der Waals surface area contributed by atoms with Crippen LogP contribution >= 0.6 is 0 Å². The number of carbonyl (C=O) groups excluding carboxylic acids is 3. The van der Waals surface area contributed by atoms with E-state index in [1.807, 2.05) is 37.3 Å². The predicted octanol–water partition coefficient (Wildman–Crippen LogP) is 3.74. The Kier molecular flexibility index (Phi) is 12.8. The highest BCUT2D eigenvalue weighted by Crippen LogP contribution is 2.29. The van der Waals surface area contributed by atoms with E-state index in [0.717, 1.165) is 73.3 Å². The third-order valence-electron chi connectivity index (χ3n) is 9.57. The van der Waals surface area contributed by atoms with Crippen molar-refractivity contribution in [2.75, 3.05) is 38.0 Å². The minimum atomic E-state index is -0.791. The van der Waals surface area contributed by atoms with E-state index in [4.69, 9.17) is 5.73 Å². The van der Waals surface area contributed by atoms with Gasteiger partial charge in [0, 0.05) is 47.9 Å². The highest BCUT2D eigenvalue weighted by Gasteiger charge is 2.29. The van der Waals surface area contributed by atoms with Gasteiger partial charge in [0.1, 0.15) is 11.7 Å². The molecule has 2 aromatic carbocycles. The molecule has 13 heteroatoms. The Hall–Kier alpha value is -5.01. The van der Waals surface area contributed by atoms with Crippen LogP contribution in [0.2, 0.25) is 0 Å². The normalized spacial score (nSPS) is 16.5. The van der Waals surface area contributed by atoms with E-state index in [9.17, 15) is 14.4 Å². The van der Waals surface area contributed by atoms with E-state index in [0.29, 0.717) is 42.6 Å². The lowest BCUT2D eigenvalue weighted by Gasteiger charge is -2.28. The van der Waals surface area contributed by atoms with Crippen LogP contribution in [-0.4, -0.2) is 87.0 Å². The molecule has 4 aromatic rings. The fraction of sp³-hybridized carbons (Fsp3) is 0.432. The van der Waals surface area contributed by atoms with Crippen LogP contribution in [0.5, 0.6) is 0 Å².